The molecular weight excluding hydrogens is 473 g/mol. The van der Waals surface area contributed by atoms with Gasteiger partial charge in [0.1, 0.15) is 18.4 Å². The van der Waals surface area contributed by atoms with Crippen molar-refractivity contribution in [2.24, 2.45) is 11.7 Å². The number of halogens is 2. The molecule has 0 aliphatic carbocycles. The van der Waals surface area contributed by atoms with Crippen molar-refractivity contribution < 1.29 is 14.3 Å². The molecule has 0 fully saturated rings. The highest BCUT2D eigenvalue weighted by Gasteiger charge is 2.27. The number of carbonyl (C=O) groups is 2. The van der Waals surface area contributed by atoms with Crippen LogP contribution in [0.15, 0.2) is 42.5 Å². The van der Waals surface area contributed by atoms with Crippen molar-refractivity contribution in [3.8, 4) is 5.75 Å². The lowest BCUT2D eigenvalue weighted by Crippen LogP contribution is -2.55. The first-order chi connectivity index (χ1) is 15.9. The number of nitrogens with two attached hydrogens (primary N) is 1. The molecule has 0 saturated heterocycles. The molecular formula is C26H35Cl2N3O3. The lowest BCUT2D eigenvalue weighted by molar-refractivity contribution is -0.130. The van der Waals surface area contributed by atoms with Crippen LogP contribution in [-0.2, 0) is 22.6 Å². The molecule has 0 aliphatic heterocycles. The van der Waals surface area contributed by atoms with Gasteiger partial charge in [0, 0.05) is 27.6 Å². The van der Waals surface area contributed by atoms with E-state index < -0.39 is 17.6 Å². The van der Waals surface area contributed by atoms with E-state index >= 15 is 0 Å². The van der Waals surface area contributed by atoms with Gasteiger partial charge >= 0.3 is 0 Å². The standard InChI is InChI=1S/C26H35Cl2N3O3/c1-16(2)13-22(29)24(32)30-23(25(33)31-26(3,4)5)14-17-9-11-18(12-10-17)34-15-19-20(27)7-6-8-21(19)28/h6-12,16,22-23H,13-15,29H2,1-5H3,(H,30,32)(H,31,33). The second-order valence-corrected chi connectivity index (χ2v) is 10.7. The zero-order valence-electron chi connectivity index (χ0n) is 20.5. The number of carbonyl (C=O) groups excluding carboxylic acids is 2. The summed E-state index contributed by atoms with van der Waals surface area (Å²) in [5.74, 6) is 0.319. The van der Waals surface area contributed by atoms with Crippen LogP contribution in [0.1, 0.15) is 52.2 Å². The minimum Gasteiger partial charge on any atom is -0.489 e. The van der Waals surface area contributed by atoms with Crippen LogP contribution in [0.4, 0.5) is 0 Å². The van der Waals surface area contributed by atoms with Crippen LogP contribution in [0.25, 0.3) is 0 Å². The molecule has 0 radical (unpaired) electrons. The third-order valence-electron chi connectivity index (χ3n) is 5.00. The lowest BCUT2D eigenvalue weighted by atomic mass is 10.0. The summed E-state index contributed by atoms with van der Waals surface area (Å²) in [7, 11) is 0. The van der Waals surface area contributed by atoms with E-state index in [-0.39, 0.29) is 24.3 Å². The first-order valence-electron chi connectivity index (χ1n) is 11.4. The van der Waals surface area contributed by atoms with Crippen molar-refractivity contribution in [3.63, 3.8) is 0 Å². The Bertz CT molecular complexity index is 952. The van der Waals surface area contributed by atoms with E-state index in [0.29, 0.717) is 34.2 Å². The molecule has 2 aromatic rings. The van der Waals surface area contributed by atoms with E-state index in [9.17, 15) is 9.59 Å². The summed E-state index contributed by atoms with van der Waals surface area (Å²) < 4.78 is 5.83. The third kappa shape index (κ3) is 9.16. The van der Waals surface area contributed by atoms with E-state index in [1.54, 1.807) is 18.2 Å². The SMILES string of the molecule is CC(C)CC(N)C(=O)NC(Cc1ccc(OCc2c(Cl)cccc2Cl)cc1)C(=O)NC(C)(C)C. The maximum absolute atomic E-state index is 12.9. The Balaban J connectivity index is 2.09. The van der Waals surface area contributed by atoms with Gasteiger partial charge < -0.3 is 21.1 Å². The van der Waals surface area contributed by atoms with Gasteiger partial charge in [-0.05, 0) is 62.9 Å². The number of hydrogen-bond acceptors (Lipinski definition) is 4. The van der Waals surface area contributed by atoms with Crippen LogP contribution >= 0.6 is 23.2 Å². The molecule has 6 nitrogen and oxygen atoms in total. The highest BCUT2D eigenvalue weighted by atomic mass is 35.5. The van der Waals surface area contributed by atoms with Gasteiger partial charge in [-0.25, -0.2) is 0 Å². The fraction of sp³-hybridized carbons (Fsp3) is 0.462. The minimum atomic E-state index is -0.751. The summed E-state index contributed by atoms with van der Waals surface area (Å²) >= 11 is 12.4. The zero-order valence-corrected chi connectivity index (χ0v) is 22.0. The molecule has 0 aliphatic rings. The second kappa shape index (κ2) is 12.4. The Labute approximate surface area is 212 Å². The van der Waals surface area contributed by atoms with Gasteiger partial charge in [0.05, 0.1) is 6.04 Å². The van der Waals surface area contributed by atoms with Gasteiger partial charge in [-0.1, -0.05) is 55.2 Å². The predicted molar refractivity (Wildman–Crippen MR) is 138 cm³/mol. The van der Waals surface area contributed by atoms with Crippen molar-refractivity contribution in [1.82, 2.24) is 10.6 Å². The maximum atomic E-state index is 12.9. The highest BCUT2D eigenvalue weighted by Crippen LogP contribution is 2.26. The third-order valence-corrected chi connectivity index (χ3v) is 5.71. The van der Waals surface area contributed by atoms with Crippen molar-refractivity contribution in [1.29, 1.82) is 0 Å². The highest BCUT2D eigenvalue weighted by molar-refractivity contribution is 6.35. The molecule has 0 saturated carbocycles. The molecule has 2 aromatic carbocycles. The molecule has 0 aromatic heterocycles. The molecule has 2 atom stereocenters. The van der Waals surface area contributed by atoms with Crippen LogP contribution in [0.2, 0.25) is 10.0 Å². The number of hydrogen-bond donors (Lipinski definition) is 3. The van der Waals surface area contributed by atoms with E-state index in [2.05, 4.69) is 10.6 Å². The van der Waals surface area contributed by atoms with Gasteiger partial charge in [-0.2, -0.15) is 0 Å². The molecule has 2 amide bonds. The molecule has 0 bridgehead atoms. The number of rotatable bonds is 10. The van der Waals surface area contributed by atoms with Gasteiger partial charge in [0.15, 0.2) is 0 Å². The van der Waals surface area contributed by atoms with Gasteiger partial charge in [0.25, 0.3) is 0 Å². The Morgan fingerprint density at radius 2 is 1.59 bits per heavy atom. The number of ether oxygens (including phenoxy) is 1. The van der Waals surface area contributed by atoms with Crippen LogP contribution in [0.3, 0.4) is 0 Å². The van der Waals surface area contributed by atoms with Gasteiger partial charge in [-0.3, -0.25) is 9.59 Å². The molecule has 34 heavy (non-hydrogen) atoms. The van der Waals surface area contributed by atoms with E-state index in [4.69, 9.17) is 33.7 Å². The molecule has 0 spiro atoms. The monoisotopic (exact) mass is 507 g/mol. The van der Waals surface area contributed by atoms with Crippen LogP contribution < -0.4 is 21.1 Å². The zero-order chi connectivity index (χ0) is 25.5. The Morgan fingerprint density at radius 1 is 1.00 bits per heavy atom. The molecule has 186 valence electrons. The van der Waals surface area contributed by atoms with Crippen LogP contribution in [0, 0.1) is 5.92 Å². The van der Waals surface area contributed by atoms with Crippen LogP contribution in [-0.4, -0.2) is 29.4 Å². The Kier molecular flexibility index (Phi) is 10.2. The van der Waals surface area contributed by atoms with Crippen molar-refractivity contribution in [2.45, 2.75) is 71.7 Å². The summed E-state index contributed by atoms with van der Waals surface area (Å²) in [5.41, 5.74) is 7.18. The molecule has 2 unspecified atom stereocenters. The summed E-state index contributed by atoms with van der Waals surface area (Å²) in [6.07, 6.45) is 0.861. The topological polar surface area (TPSA) is 93.5 Å². The first-order valence-corrected chi connectivity index (χ1v) is 12.1. The molecule has 8 heteroatoms. The number of nitrogens with one attached hydrogen (secondary N) is 2. The van der Waals surface area contributed by atoms with Crippen molar-refractivity contribution in [3.05, 3.63) is 63.6 Å². The molecule has 0 heterocycles. The molecule has 4 N–H and O–H groups in total. The minimum absolute atomic E-state index is 0.234. The number of benzene rings is 2. The van der Waals surface area contributed by atoms with Gasteiger partial charge in [0.2, 0.25) is 11.8 Å². The van der Waals surface area contributed by atoms with E-state index in [1.165, 1.54) is 0 Å². The normalized spacial score (nSPS) is 13.3. The first kappa shape index (κ1) is 28.0. The quantitative estimate of drug-likeness (QED) is 0.426. The van der Waals surface area contributed by atoms with Crippen molar-refractivity contribution >= 4 is 35.0 Å². The summed E-state index contributed by atoms with van der Waals surface area (Å²) in [6.45, 7) is 9.92. The maximum Gasteiger partial charge on any atom is 0.243 e. The second-order valence-electron chi connectivity index (χ2n) is 9.87. The fourth-order valence-electron chi connectivity index (χ4n) is 3.34. The summed E-state index contributed by atoms with van der Waals surface area (Å²) in [5, 5.41) is 6.86. The van der Waals surface area contributed by atoms with Crippen LogP contribution in [0.5, 0.6) is 5.75 Å². The smallest absolute Gasteiger partial charge is 0.243 e. The van der Waals surface area contributed by atoms with Gasteiger partial charge in [-0.15, -0.1) is 0 Å². The van der Waals surface area contributed by atoms with E-state index in [1.807, 2.05) is 58.9 Å². The average molecular weight is 508 g/mol. The summed E-state index contributed by atoms with van der Waals surface area (Å²) in [6, 6.07) is 11.2. The predicted octanol–water partition coefficient (Wildman–Crippen LogP) is 4.89. The lowest BCUT2D eigenvalue weighted by Gasteiger charge is -2.26. The molecule has 2 rings (SSSR count). The van der Waals surface area contributed by atoms with E-state index in [0.717, 1.165) is 5.56 Å². The average Bonchev–Trinajstić information content (AvgIpc) is 2.72. The Morgan fingerprint density at radius 3 is 2.12 bits per heavy atom. The number of amides is 2. The van der Waals surface area contributed by atoms with Crippen molar-refractivity contribution in [2.75, 3.05) is 0 Å². The summed E-state index contributed by atoms with van der Waals surface area (Å²) in [4.78, 5) is 25.5. The Hall–Kier alpha value is -2.28. The fourth-order valence-corrected chi connectivity index (χ4v) is 3.85. The largest absolute Gasteiger partial charge is 0.489 e.